The molecule has 0 spiro atoms. The van der Waals surface area contributed by atoms with Crippen LogP contribution in [-0.2, 0) is 10.2 Å². The molecule has 5 nitrogen and oxygen atoms in total. The van der Waals surface area contributed by atoms with Gasteiger partial charge in [-0.3, -0.25) is 9.79 Å². The van der Waals surface area contributed by atoms with E-state index >= 15 is 0 Å². The summed E-state index contributed by atoms with van der Waals surface area (Å²) >= 11 is 0. The summed E-state index contributed by atoms with van der Waals surface area (Å²) in [6, 6.07) is 14.7. The third-order valence-corrected chi connectivity index (χ3v) is 5.75. The van der Waals surface area contributed by atoms with Gasteiger partial charge in [-0.15, -0.1) is 24.0 Å². The summed E-state index contributed by atoms with van der Waals surface area (Å²) in [5.74, 6) is 0.663. The molecular weight excluding hydrogens is 482 g/mol. The highest BCUT2D eigenvalue weighted by atomic mass is 127. The molecule has 29 heavy (non-hydrogen) atoms. The Hall–Kier alpha value is -2.16. The molecule has 0 saturated heterocycles. The van der Waals surface area contributed by atoms with Crippen LogP contribution in [0.2, 0.25) is 0 Å². The molecule has 1 aliphatic carbocycles. The molecule has 7 heteroatoms. The van der Waals surface area contributed by atoms with Crippen LogP contribution in [0.1, 0.15) is 36.3 Å². The second kappa shape index (κ2) is 9.11. The maximum Gasteiger partial charge on any atom is 0.225 e. The van der Waals surface area contributed by atoms with E-state index in [1.165, 1.54) is 12.1 Å². The number of hydrogen-bond donors (Lipinski definition) is 3. The molecule has 1 aliphatic heterocycles. The second-order valence-corrected chi connectivity index (χ2v) is 7.63. The van der Waals surface area contributed by atoms with E-state index in [0.717, 1.165) is 42.2 Å². The van der Waals surface area contributed by atoms with Crippen LogP contribution in [0.25, 0.3) is 0 Å². The van der Waals surface area contributed by atoms with E-state index in [9.17, 15) is 9.18 Å². The summed E-state index contributed by atoms with van der Waals surface area (Å²) in [6.45, 7) is 1.38. The summed E-state index contributed by atoms with van der Waals surface area (Å²) < 4.78 is 13.2. The highest BCUT2D eigenvalue weighted by Gasteiger charge is 2.44. The summed E-state index contributed by atoms with van der Waals surface area (Å²) in [5.41, 5.74) is 3.26. The number of carbonyl (C=O) groups excluding carboxylic acids is 1. The number of carbonyl (C=O) groups is 1. The lowest BCUT2D eigenvalue weighted by Gasteiger charge is -2.26. The lowest BCUT2D eigenvalue weighted by atomic mass is 9.90. The van der Waals surface area contributed by atoms with Crippen molar-refractivity contribution >= 4 is 41.5 Å². The zero-order chi connectivity index (χ0) is 19.6. The first-order valence-electron chi connectivity index (χ1n) is 9.69. The molecule has 1 atom stereocenters. The number of amides is 1. The minimum Gasteiger partial charge on any atom is -0.356 e. The van der Waals surface area contributed by atoms with E-state index in [1.807, 2.05) is 30.3 Å². The molecule has 1 saturated carbocycles. The van der Waals surface area contributed by atoms with Crippen LogP contribution < -0.4 is 16.0 Å². The zero-order valence-electron chi connectivity index (χ0n) is 16.4. The lowest BCUT2D eigenvalue weighted by molar-refractivity contribution is -0.116. The number of benzene rings is 2. The molecule has 3 N–H and O–H groups in total. The first kappa shape index (κ1) is 21.5. The number of guanidine groups is 1. The summed E-state index contributed by atoms with van der Waals surface area (Å²) in [7, 11) is 1.74. The summed E-state index contributed by atoms with van der Waals surface area (Å²) in [5, 5.41) is 9.69. The van der Waals surface area contributed by atoms with Gasteiger partial charge in [-0.2, -0.15) is 0 Å². The van der Waals surface area contributed by atoms with Crippen LogP contribution in [0.15, 0.2) is 53.5 Å². The van der Waals surface area contributed by atoms with E-state index in [1.54, 1.807) is 7.05 Å². The Morgan fingerprint density at radius 3 is 2.59 bits per heavy atom. The zero-order valence-corrected chi connectivity index (χ0v) is 18.7. The predicted molar refractivity (Wildman–Crippen MR) is 125 cm³/mol. The number of halogens is 2. The van der Waals surface area contributed by atoms with E-state index < -0.39 is 0 Å². The first-order chi connectivity index (χ1) is 13.6. The Labute approximate surface area is 187 Å². The van der Waals surface area contributed by atoms with E-state index in [2.05, 4.69) is 27.0 Å². The third-order valence-electron chi connectivity index (χ3n) is 5.75. The molecule has 1 fully saturated rings. The van der Waals surface area contributed by atoms with Gasteiger partial charge in [0.05, 0.1) is 0 Å². The van der Waals surface area contributed by atoms with Gasteiger partial charge in [0.2, 0.25) is 5.91 Å². The van der Waals surface area contributed by atoms with Crippen molar-refractivity contribution in [2.24, 2.45) is 4.99 Å². The average Bonchev–Trinajstić information content (AvgIpc) is 3.49. The van der Waals surface area contributed by atoms with Crippen LogP contribution in [0.5, 0.6) is 0 Å². The highest BCUT2D eigenvalue weighted by molar-refractivity contribution is 14.0. The lowest BCUT2D eigenvalue weighted by Crippen LogP contribution is -2.43. The van der Waals surface area contributed by atoms with Crippen LogP contribution in [0.3, 0.4) is 0 Å². The van der Waals surface area contributed by atoms with Crippen LogP contribution in [-0.4, -0.2) is 32.0 Å². The smallest absolute Gasteiger partial charge is 0.225 e. The van der Waals surface area contributed by atoms with Gasteiger partial charge in [-0.25, -0.2) is 4.39 Å². The quantitative estimate of drug-likeness (QED) is 0.328. The van der Waals surface area contributed by atoms with E-state index in [-0.39, 0.29) is 47.0 Å². The minimum atomic E-state index is -0.207. The summed E-state index contributed by atoms with van der Waals surface area (Å²) in [4.78, 5) is 16.3. The molecule has 0 aromatic heterocycles. The van der Waals surface area contributed by atoms with E-state index in [4.69, 9.17) is 0 Å². The number of hydrogen-bond acceptors (Lipinski definition) is 2. The molecule has 0 radical (unpaired) electrons. The number of aliphatic imine (C=N–C) groups is 1. The Morgan fingerprint density at radius 1 is 1.17 bits per heavy atom. The van der Waals surface area contributed by atoms with Crippen molar-refractivity contribution in [3.05, 3.63) is 65.5 Å². The molecule has 2 aliphatic rings. The van der Waals surface area contributed by atoms with Crippen molar-refractivity contribution in [1.29, 1.82) is 0 Å². The molecule has 2 aromatic rings. The van der Waals surface area contributed by atoms with Crippen LogP contribution in [0, 0.1) is 5.82 Å². The minimum absolute atomic E-state index is 0. The molecule has 1 amide bonds. The van der Waals surface area contributed by atoms with Crippen molar-refractivity contribution < 1.29 is 9.18 Å². The van der Waals surface area contributed by atoms with Gasteiger partial charge in [0, 0.05) is 43.6 Å². The number of rotatable bonds is 5. The fraction of sp³-hybridized carbons (Fsp3) is 0.364. The fourth-order valence-electron chi connectivity index (χ4n) is 3.90. The summed E-state index contributed by atoms with van der Waals surface area (Å²) in [6.07, 6.45) is 2.62. The van der Waals surface area contributed by atoms with E-state index in [0.29, 0.717) is 13.0 Å². The molecule has 4 rings (SSSR count). The van der Waals surface area contributed by atoms with Crippen molar-refractivity contribution in [2.45, 2.75) is 30.6 Å². The van der Waals surface area contributed by atoms with Crippen LogP contribution in [0.4, 0.5) is 10.1 Å². The molecule has 2 aromatic carbocycles. The fourth-order valence-corrected chi connectivity index (χ4v) is 3.90. The Kier molecular flexibility index (Phi) is 6.77. The van der Waals surface area contributed by atoms with Gasteiger partial charge in [-0.05, 0) is 42.2 Å². The van der Waals surface area contributed by atoms with Gasteiger partial charge in [0.25, 0.3) is 0 Å². The number of fused-ring (bicyclic) bond motifs is 1. The standard InChI is InChI=1S/C22H25FN4O.HI/c1-24-21(26-14-22(10-11-22)16-6-8-17(23)9-7-16)25-13-15-12-20(28)27-19-5-3-2-4-18(15)19;/h2-9,15H,10-14H2,1H3,(H,27,28)(H2,24,25,26);1H. The molecular formula is C22H26FIN4O. The van der Waals surface area contributed by atoms with Gasteiger partial charge < -0.3 is 16.0 Å². The van der Waals surface area contributed by atoms with Crippen molar-refractivity contribution in [2.75, 3.05) is 25.5 Å². The van der Waals surface area contributed by atoms with Gasteiger partial charge >= 0.3 is 0 Å². The average molecular weight is 508 g/mol. The molecule has 1 unspecified atom stereocenters. The van der Waals surface area contributed by atoms with Crippen LogP contribution >= 0.6 is 24.0 Å². The van der Waals surface area contributed by atoms with Gasteiger partial charge in [0.15, 0.2) is 5.96 Å². The maximum absolute atomic E-state index is 13.2. The Morgan fingerprint density at radius 2 is 1.90 bits per heavy atom. The topological polar surface area (TPSA) is 65.5 Å². The number of anilines is 1. The molecule has 0 bridgehead atoms. The molecule has 154 valence electrons. The monoisotopic (exact) mass is 508 g/mol. The largest absolute Gasteiger partial charge is 0.356 e. The van der Waals surface area contributed by atoms with Crippen molar-refractivity contribution in [3.63, 3.8) is 0 Å². The van der Waals surface area contributed by atoms with Gasteiger partial charge in [0.1, 0.15) is 5.82 Å². The normalized spacial score (nSPS) is 19.4. The van der Waals surface area contributed by atoms with Crippen molar-refractivity contribution in [3.8, 4) is 0 Å². The van der Waals surface area contributed by atoms with Gasteiger partial charge in [-0.1, -0.05) is 30.3 Å². The number of nitrogens with one attached hydrogen (secondary N) is 3. The Balaban J connectivity index is 0.00000240. The molecule has 1 heterocycles. The predicted octanol–water partition coefficient (Wildman–Crippen LogP) is 3.77. The first-order valence-corrected chi connectivity index (χ1v) is 9.69. The Bertz CT molecular complexity index is 896. The number of nitrogens with zero attached hydrogens (tertiary/aromatic N) is 1. The highest BCUT2D eigenvalue weighted by Crippen LogP contribution is 2.47. The number of para-hydroxylation sites is 1. The van der Waals surface area contributed by atoms with Crippen molar-refractivity contribution in [1.82, 2.24) is 10.6 Å². The third kappa shape index (κ3) is 4.88. The SMILES string of the molecule is CN=C(NCC1CC(=O)Nc2ccccc21)NCC1(c2ccc(F)cc2)CC1.I. The maximum atomic E-state index is 13.2. The second-order valence-electron chi connectivity index (χ2n) is 7.63.